The Morgan fingerprint density at radius 3 is 2.62 bits per heavy atom. The molecule has 0 spiro atoms. The summed E-state index contributed by atoms with van der Waals surface area (Å²) in [5.41, 5.74) is 1.79. The van der Waals surface area contributed by atoms with Gasteiger partial charge in [-0.15, -0.1) is 0 Å². The summed E-state index contributed by atoms with van der Waals surface area (Å²) in [6.07, 6.45) is 6.64. The summed E-state index contributed by atoms with van der Waals surface area (Å²) < 4.78 is 5.10. The molecule has 2 N–H and O–H groups in total. The van der Waals surface area contributed by atoms with E-state index in [1.165, 1.54) is 6.42 Å². The molecule has 1 fully saturated rings. The first kappa shape index (κ1) is 16.0. The molecule has 0 aromatic carbocycles. The van der Waals surface area contributed by atoms with Crippen LogP contribution in [0.25, 0.3) is 0 Å². The van der Waals surface area contributed by atoms with Gasteiger partial charge in [0, 0.05) is 23.9 Å². The van der Waals surface area contributed by atoms with Crippen molar-refractivity contribution in [2.24, 2.45) is 5.41 Å². The first-order chi connectivity index (χ1) is 10.1. The molecule has 0 bridgehead atoms. The number of aryl methyl sites for hydroxylation is 2. The van der Waals surface area contributed by atoms with Gasteiger partial charge in [0.2, 0.25) is 5.91 Å². The zero-order chi connectivity index (χ0) is 15.3. The molecule has 2 rings (SSSR count). The second-order valence-electron chi connectivity index (χ2n) is 6.30. The van der Waals surface area contributed by atoms with Gasteiger partial charge in [0.25, 0.3) is 0 Å². The summed E-state index contributed by atoms with van der Waals surface area (Å²) in [4.78, 5) is 12.0. The normalized spacial score (nSPS) is 17.7. The molecule has 0 radical (unpaired) electrons. The monoisotopic (exact) mass is 294 g/mol. The minimum absolute atomic E-state index is 0.0356. The molecule has 1 aliphatic rings. The third-order valence-corrected chi connectivity index (χ3v) is 4.69. The molecule has 21 heavy (non-hydrogen) atoms. The maximum Gasteiger partial charge on any atom is 0.220 e. The van der Waals surface area contributed by atoms with Crippen LogP contribution in [0.3, 0.4) is 0 Å². The molecule has 0 saturated heterocycles. The zero-order valence-electron chi connectivity index (χ0n) is 13.1. The van der Waals surface area contributed by atoms with Crippen LogP contribution in [0.1, 0.15) is 55.5 Å². The Bertz CT molecular complexity index is 456. The van der Waals surface area contributed by atoms with Crippen molar-refractivity contribution in [1.82, 2.24) is 10.5 Å². The van der Waals surface area contributed by atoms with Crippen molar-refractivity contribution in [2.75, 3.05) is 13.2 Å². The Labute approximate surface area is 126 Å². The number of carbonyl (C=O) groups excluding carboxylic acids is 1. The van der Waals surface area contributed by atoms with Gasteiger partial charge in [-0.3, -0.25) is 4.79 Å². The largest absolute Gasteiger partial charge is 0.396 e. The van der Waals surface area contributed by atoms with Crippen molar-refractivity contribution >= 4 is 5.91 Å². The van der Waals surface area contributed by atoms with E-state index in [0.717, 1.165) is 42.7 Å². The molecule has 0 unspecified atom stereocenters. The van der Waals surface area contributed by atoms with E-state index < -0.39 is 0 Å². The van der Waals surface area contributed by atoms with E-state index in [1.54, 1.807) is 0 Å². The Balaban J connectivity index is 1.79. The summed E-state index contributed by atoms with van der Waals surface area (Å²) in [6, 6.07) is 0. The second-order valence-corrected chi connectivity index (χ2v) is 6.30. The lowest BCUT2D eigenvalue weighted by molar-refractivity contribution is -0.121. The molecule has 118 valence electrons. The summed E-state index contributed by atoms with van der Waals surface area (Å²) >= 11 is 0. The highest BCUT2D eigenvalue weighted by atomic mass is 16.5. The fourth-order valence-electron chi connectivity index (χ4n) is 3.16. The second kappa shape index (κ2) is 7.07. The van der Waals surface area contributed by atoms with Gasteiger partial charge >= 0.3 is 0 Å². The van der Waals surface area contributed by atoms with Crippen molar-refractivity contribution < 1.29 is 14.4 Å². The van der Waals surface area contributed by atoms with Crippen LogP contribution in [0.2, 0.25) is 0 Å². The van der Waals surface area contributed by atoms with Crippen molar-refractivity contribution in [1.29, 1.82) is 0 Å². The fraction of sp³-hybridized carbons (Fsp3) is 0.750. The van der Waals surface area contributed by atoms with E-state index in [4.69, 9.17) is 4.52 Å². The SMILES string of the molecule is Cc1noc(C)c1CCC(=O)NCC1(CO)CCCCC1. The van der Waals surface area contributed by atoms with Crippen LogP contribution in [-0.2, 0) is 11.2 Å². The molecule has 1 saturated carbocycles. The molecule has 0 atom stereocenters. The first-order valence-electron chi connectivity index (χ1n) is 7.86. The Hall–Kier alpha value is -1.36. The molecule has 1 aromatic heterocycles. The average molecular weight is 294 g/mol. The summed E-state index contributed by atoms with van der Waals surface area (Å²) in [5, 5.41) is 16.5. The van der Waals surface area contributed by atoms with Crippen LogP contribution in [0.5, 0.6) is 0 Å². The van der Waals surface area contributed by atoms with Gasteiger partial charge in [-0.1, -0.05) is 24.4 Å². The van der Waals surface area contributed by atoms with Gasteiger partial charge in [-0.05, 0) is 33.1 Å². The fourth-order valence-corrected chi connectivity index (χ4v) is 3.16. The van der Waals surface area contributed by atoms with E-state index in [1.807, 2.05) is 13.8 Å². The van der Waals surface area contributed by atoms with E-state index in [0.29, 0.717) is 19.4 Å². The van der Waals surface area contributed by atoms with E-state index in [9.17, 15) is 9.90 Å². The first-order valence-corrected chi connectivity index (χ1v) is 7.86. The van der Waals surface area contributed by atoms with E-state index >= 15 is 0 Å². The van der Waals surface area contributed by atoms with Gasteiger partial charge in [-0.25, -0.2) is 0 Å². The number of aromatic nitrogens is 1. The van der Waals surface area contributed by atoms with E-state index in [-0.39, 0.29) is 17.9 Å². The zero-order valence-corrected chi connectivity index (χ0v) is 13.1. The number of carbonyl (C=O) groups is 1. The quantitative estimate of drug-likeness (QED) is 0.844. The maximum atomic E-state index is 12.0. The summed E-state index contributed by atoms with van der Waals surface area (Å²) in [6.45, 7) is 4.52. The Morgan fingerprint density at radius 1 is 1.33 bits per heavy atom. The number of hydrogen-bond acceptors (Lipinski definition) is 4. The van der Waals surface area contributed by atoms with Gasteiger partial charge < -0.3 is 14.9 Å². The lowest BCUT2D eigenvalue weighted by Crippen LogP contribution is -2.41. The number of hydrogen-bond donors (Lipinski definition) is 2. The predicted molar refractivity (Wildman–Crippen MR) is 79.9 cm³/mol. The van der Waals surface area contributed by atoms with Crippen molar-refractivity contribution in [3.8, 4) is 0 Å². The van der Waals surface area contributed by atoms with Crippen LogP contribution in [0, 0.1) is 19.3 Å². The number of aliphatic hydroxyl groups is 1. The van der Waals surface area contributed by atoms with Crippen molar-refractivity contribution in [3.05, 3.63) is 17.0 Å². The van der Waals surface area contributed by atoms with Gasteiger partial charge in [0.05, 0.1) is 12.3 Å². The van der Waals surface area contributed by atoms with Gasteiger partial charge in [0.15, 0.2) is 0 Å². The topological polar surface area (TPSA) is 75.4 Å². The van der Waals surface area contributed by atoms with Crippen LogP contribution >= 0.6 is 0 Å². The molecule has 1 amide bonds. The highest BCUT2D eigenvalue weighted by Gasteiger charge is 2.31. The van der Waals surface area contributed by atoms with Crippen LogP contribution in [0.4, 0.5) is 0 Å². The Morgan fingerprint density at radius 2 is 2.05 bits per heavy atom. The van der Waals surface area contributed by atoms with Gasteiger partial charge in [-0.2, -0.15) is 0 Å². The standard InChI is InChI=1S/C16H26N2O3/c1-12-14(13(2)21-18-12)6-7-15(20)17-10-16(11-19)8-4-3-5-9-16/h19H,3-11H2,1-2H3,(H,17,20). The molecule has 1 heterocycles. The molecule has 1 aliphatic carbocycles. The smallest absolute Gasteiger partial charge is 0.220 e. The molecule has 0 aliphatic heterocycles. The molecule has 5 nitrogen and oxygen atoms in total. The van der Waals surface area contributed by atoms with E-state index in [2.05, 4.69) is 10.5 Å². The predicted octanol–water partition coefficient (Wildman–Crippen LogP) is 2.28. The molecular weight excluding hydrogens is 268 g/mol. The third-order valence-electron chi connectivity index (χ3n) is 4.69. The minimum Gasteiger partial charge on any atom is -0.396 e. The van der Waals surface area contributed by atoms with Crippen LogP contribution in [0.15, 0.2) is 4.52 Å². The average Bonchev–Trinajstić information content (AvgIpc) is 2.83. The molecule has 5 heteroatoms. The summed E-state index contributed by atoms with van der Waals surface area (Å²) in [5.74, 6) is 0.827. The number of nitrogens with one attached hydrogen (secondary N) is 1. The molecule has 1 aromatic rings. The lowest BCUT2D eigenvalue weighted by atomic mass is 9.74. The minimum atomic E-state index is -0.100. The van der Waals surface area contributed by atoms with Gasteiger partial charge in [0.1, 0.15) is 5.76 Å². The lowest BCUT2D eigenvalue weighted by Gasteiger charge is -2.35. The number of amides is 1. The Kier molecular flexibility index (Phi) is 5.39. The van der Waals surface area contributed by atoms with Crippen molar-refractivity contribution in [3.63, 3.8) is 0 Å². The molecular formula is C16H26N2O3. The van der Waals surface area contributed by atoms with Crippen LogP contribution in [-0.4, -0.2) is 29.3 Å². The number of rotatable bonds is 6. The highest BCUT2D eigenvalue weighted by molar-refractivity contribution is 5.76. The van der Waals surface area contributed by atoms with Crippen LogP contribution < -0.4 is 5.32 Å². The number of aliphatic hydroxyl groups excluding tert-OH is 1. The number of nitrogens with zero attached hydrogens (tertiary/aromatic N) is 1. The highest BCUT2D eigenvalue weighted by Crippen LogP contribution is 2.35. The third kappa shape index (κ3) is 4.06. The summed E-state index contributed by atoms with van der Waals surface area (Å²) in [7, 11) is 0. The maximum absolute atomic E-state index is 12.0. The van der Waals surface area contributed by atoms with Crippen molar-refractivity contribution in [2.45, 2.75) is 58.8 Å².